The Bertz CT molecular complexity index is 749. The SMILES string of the molecule is CCn1ccc(C(=O)N[C@H]2CCCc3ccccc32)cc1=O. The highest BCUT2D eigenvalue weighted by Crippen LogP contribution is 2.29. The summed E-state index contributed by atoms with van der Waals surface area (Å²) in [7, 11) is 0. The zero-order valence-corrected chi connectivity index (χ0v) is 12.7. The van der Waals surface area contributed by atoms with Gasteiger partial charge in [-0.05, 0) is 43.4 Å². The van der Waals surface area contributed by atoms with E-state index in [2.05, 4.69) is 17.4 Å². The molecule has 4 nitrogen and oxygen atoms in total. The molecule has 4 heteroatoms. The molecule has 0 saturated heterocycles. The number of nitrogens with zero attached hydrogens (tertiary/aromatic N) is 1. The second-order valence-corrected chi connectivity index (χ2v) is 5.66. The highest BCUT2D eigenvalue weighted by atomic mass is 16.2. The fourth-order valence-corrected chi connectivity index (χ4v) is 3.06. The van der Waals surface area contributed by atoms with Gasteiger partial charge in [-0.3, -0.25) is 9.59 Å². The number of hydrogen-bond acceptors (Lipinski definition) is 2. The molecule has 3 rings (SSSR count). The van der Waals surface area contributed by atoms with Crippen molar-refractivity contribution in [1.29, 1.82) is 0 Å². The number of hydrogen-bond donors (Lipinski definition) is 1. The Morgan fingerprint density at radius 2 is 2.14 bits per heavy atom. The molecule has 0 unspecified atom stereocenters. The first-order valence-corrected chi connectivity index (χ1v) is 7.78. The summed E-state index contributed by atoms with van der Waals surface area (Å²) in [5, 5.41) is 3.07. The van der Waals surface area contributed by atoms with E-state index in [4.69, 9.17) is 0 Å². The Kier molecular flexibility index (Phi) is 4.09. The number of amides is 1. The number of carbonyl (C=O) groups is 1. The summed E-state index contributed by atoms with van der Waals surface area (Å²) in [5.41, 5.74) is 2.79. The molecular weight excluding hydrogens is 276 g/mol. The summed E-state index contributed by atoms with van der Waals surface area (Å²) in [6, 6.07) is 11.4. The fourth-order valence-electron chi connectivity index (χ4n) is 3.06. The number of aromatic nitrogens is 1. The number of carbonyl (C=O) groups excluding carboxylic acids is 1. The van der Waals surface area contributed by atoms with Gasteiger partial charge in [0.05, 0.1) is 6.04 Å². The molecule has 22 heavy (non-hydrogen) atoms. The normalized spacial score (nSPS) is 16.9. The molecule has 1 aliphatic carbocycles. The molecule has 0 radical (unpaired) electrons. The Balaban J connectivity index is 1.81. The van der Waals surface area contributed by atoms with Crippen LogP contribution in [0.2, 0.25) is 0 Å². The lowest BCUT2D eigenvalue weighted by atomic mass is 9.87. The number of benzene rings is 1. The van der Waals surface area contributed by atoms with Gasteiger partial charge in [0.15, 0.2) is 0 Å². The van der Waals surface area contributed by atoms with Crippen molar-refractivity contribution in [2.24, 2.45) is 0 Å². The lowest BCUT2D eigenvalue weighted by molar-refractivity contribution is 0.0932. The molecule has 0 spiro atoms. The van der Waals surface area contributed by atoms with Gasteiger partial charge < -0.3 is 9.88 Å². The maximum atomic E-state index is 12.4. The van der Waals surface area contributed by atoms with Crippen LogP contribution in [0.4, 0.5) is 0 Å². The molecule has 0 fully saturated rings. The van der Waals surface area contributed by atoms with Crippen LogP contribution in [0.3, 0.4) is 0 Å². The van der Waals surface area contributed by atoms with Crippen LogP contribution in [0.5, 0.6) is 0 Å². The van der Waals surface area contributed by atoms with Crippen LogP contribution in [0, 0.1) is 0 Å². The molecule has 1 N–H and O–H groups in total. The number of pyridine rings is 1. The summed E-state index contributed by atoms with van der Waals surface area (Å²) < 4.78 is 1.58. The molecule has 0 saturated carbocycles. The van der Waals surface area contributed by atoms with E-state index < -0.39 is 0 Å². The van der Waals surface area contributed by atoms with E-state index in [9.17, 15) is 9.59 Å². The third-order valence-electron chi connectivity index (χ3n) is 4.27. The van der Waals surface area contributed by atoms with E-state index in [0.29, 0.717) is 12.1 Å². The molecule has 1 heterocycles. The van der Waals surface area contributed by atoms with Crippen molar-refractivity contribution in [3.05, 3.63) is 69.6 Å². The fraction of sp³-hybridized carbons (Fsp3) is 0.333. The quantitative estimate of drug-likeness (QED) is 0.946. The van der Waals surface area contributed by atoms with E-state index in [1.165, 1.54) is 17.2 Å². The molecule has 114 valence electrons. The third kappa shape index (κ3) is 2.82. The van der Waals surface area contributed by atoms with Gasteiger partial charge in [0.1, 0.15) is 0 Å². The minimum absolute atomic E-state index is 0.0334. The first kappa shape index (κ1) is 14.6. The Morgan fingerprint density at radius 1 is 1.32 bits per heavy atom. The molecule has 1 aromatic carbocycles. The molecule has 0 aliphatic heterocycles. The van der Waals surface area contributed by atoms with E-state index in [1.807, 2.05) is 19.1 Å². The van der Waals surface area contributed by atoms with Crippen molar-refractivity contribution in [2.75, 3.05) is 0 Å². The van der Waals surface area contributed by atoms with Gasteiger partial charge in [-0.2, -0.15) is 0 Å². The van der Waals surface area contributed by atoms with Crippen LogP contribution in [0.25, 0.3) is 0 Å². The maximum absolute atomic E-state index is 12.4. The minimum atomic E-state index is -0.179. The van der Waals surface area contributed by atoms with Crippen molar-refractivity contribution in [2.45, 2.75) is 38.8 Å². The average Bonchev–Trinajstić information content (AvgIpc) is 2.55. The Hall–Kier alpha value is -2.36. The van der Waals surface area contributed by atoms with Crippen LogP contribution in [-0.4, -0.2) is 10.5 Å². The smallest absolute Gasteiger partial charge is 0.252 e. The zero-order chi connectivity index (χ0) is 15.5. The van der Waals surface area contributed by atoms with Crippen molar-refractivity contribution >= 4 is 5.91 Å². The molecule has 1 aliphatic rings. The van der Waals surface area contributed by atoms with Gasteiger partial charge >= 0.3 is 0 Å². The van der Waals surface area contributed by atoms with Crippen molar-refractivity contribution in [1.82, 2.24) is 9.88 Å². The summed E-state index contributed by atoms with van der Waals surface area (Å²) >= 11 is 0. The summed E-state index contributed by atoms with van der Waals surface area (Å²) in [4.78, 5) is 24.3. The molecule has 2 aromatic rings. The Labute approximate surface area is 129 Å². The topological polar surface area (TPSA) is 51.1 Å². The van der Waals surface area contributed by atoms with Crippen LogP contribution in [-0.2, 0) is 13.0 Å². The van der Waals surface area contributed by atoms with Gasteiger partial charge in [-0.25, -0.2) is 0 Å². The van der Waals surface area contributed by atoms with Crippen LogP contribution in [0.1, 0.15) is 47.3 Å². The molecular formula is C18H20N2O2. The summed E-state index contributed by atoms with van der Waals surface area (Å²) in [5.74, 6) is -0.179. The van der Waals surface area contributed by atoms with E-state index >= 15 is 0 Å². The molecule has 0 bridgehead atoms. The van der Waals surface area contributed by atoms with E-state index in [0.717, 1.165) is 19.3 Å². The van der Waals surface area contributed by atoms with Crippen molar-refractivity contribution < 1.29 is 4.79 Å². The first-order valence-electron chi connectivity index (χ1n) is 7.78. The minimum Gasteiger partial charge on any atom is -0.345 e. The molecule has 1 atom stereocenters. The summed E-state index contributed by atoms with van der Waals surface area (Å²) in [6.45, 7) is 2.51. The second-order valence-electron chi connectivity index (χ2n) is 5.66. The third-order valence-corrected chi connectivity index (χ3v) is 4.27. The van der Waals surface area contributed by atoms with Crippen LogP contribution < -0.4 is 10.9 Å². The first-order chi connectivity index (χ1) is 10.7. The van der Waals surface area contributed by atoms with E-state index in [-0.39, 0.29) is 17.5 Å². The van der Waals surface area contributed by atoms with Gasteiger partial charge in [0.25, 0.3) is 11.5 Å². The predicted octanol–water partition coefficient (Wildman–Crippen LogP) is 2.68. The highest BCUT2D eigenvalue weighted by Gasteiger charge is 2.21. The van der Waals surface area contributed by atoms with Crippen LogP contribution >= 0.6 is 0 Å². The summed E-state index contributed by atoms with van der Waals surface area (Å²) in [6.07, 6.45) is 4.75. The number of nitrogens with one attached hydrogen (secondary N) is 1. The molecule has 1 amide bonds. The Morgan fingerprint density at radius 3 is 2.91 bits per heavy atom. The van der Waals surface area contributed by atoms with Gasteiger partial charge in [-0.15, -0.1) is 0 Å². The largest absolute Gasteiger partial charge is 0.345 e. The number of aryl methyl sites for hydroxylation is 2. The monoisotopic (exact) mass is 296 g/mol. The average molecular weight is 296 g/mol. The van der Waals surface area contributed by atoms with Crippen LogP contribution in [0.15, 0.2) is 47.4 Å². The standard InChI is InChI=1S/C18H20N2O2/c1-2-20-11-10-14(12-17(20)21)18(22)19-16-9-5-7-13-6-3-4-8-15(13)16/h3-4,6,8,10-12,16H,2,5,7,9H2,1H3,(H,19,22)/t16-/m0/s1. The second kappa shape index (κ2) is 6.18. The van der Waals surface area contributed by atoms with Gasteiger partial charge in [0, 0.05) is 24.4 Å². The van der Waals surface area contributed by atoms with Gasteiger partial charge in [-0.1, -0.05) is 24.3 Å². The van der Waals surface area contributed by atoms with Gasteiger partial charge in [0.2, 0.25) is 0 Å². The van der Waals surface area contributed by atoms with E-state index in [1.54, 1.807) is 16.8 Å². The number of fused-ring (bicyclic) bond motifs is 1. The molecule has 1 aromatic heterocycles. The number of rotatable bonds is 3. The van der Waals surface area contributed by atoms with Crippen molar-refractivity contribution in [3.63, 3.8) is 0 Å². The lowest BCUT2D eigenvalue weighted by Gasteiger charge is -2.26. The predicted molar refractivity (Wildman–Crippen MR) is 86.0 cm³/mol. The zero-order valence-electron chi connectivity index (χ0n) is 12.7. The maximum Gasteiger partial charge on any atom is 0.252 e. The highest BCUT2D eigenvalue weighted by molar-refractivity contribution is 5.94. The lowest BCUT2D eigenvalue weighted by Crippen LogP contribution is -2.32. The van der Waals surface area contributed by atoms with Crippen molar-refractivity contribution in [3.8, 4) is 0 Å².